The molecule has 2 aromatic heterocycles. The fourth-order valence-electron chi connectivity index (χ4n) is 4.39. The number of aromatic nitrogens is 3. The smallest absolute Gasteiger partial charge is 0.251 e. The van der Waals surface area contributed by atoms with Gasteiger partial charge in [-0.3, -0.25) is 9.59 Å². The Bertz CT molecular complexity index is 1550. The third-order valence-corrected chi connectivity index (χ3v) is 6.74. The normalized spacial score (nSPS) is 18.2. The number of carbonyl (C=O) groups excluding carboxylic acids is 2. The minimum atomic E-state index is -1.63. The fourth-order valence-corrected chi connectivity index (χ4v) is 4.39. The summed E-state index contributed by atoms with van der Waals surface area (Å²) in [5.41, 5.74) is 6.33. The molecule has 0 unspecified atom stereocenters. The minimum absolute atomic E-state index is 0.00538. The first-order chi connectivity index (χ1) is 17.5. The van der Waals surface area contributed by atoms with Crippen molar-refractivity contribution in [2.75, 3.05) is 13.2 Å². The zero-order chi connectivity index (χ0) is 26.5. The van der Waals surface area contributed by atoms with Crippen molar-refractivity contribution in [3.8, 4) is 17.0 Å². The number of nitrogens with one attached hydrogen (secondary N) is 2. The first kappa shape index (κ1) is 24.4. The number of hydrogen-bond donors (Lipinski definition) is 4. The number of imidazole rings is 1. The quantitative estimate of drug-likeness (QED) is 0.319. The number of pyridine rings is 1. The number of fused-ring (bicyclic) bond motifs is 2. The third kappa shape index (κ3) is 4.29. The van der Waals surface area contributed by atoms with Gasteiger partial charge in [-0.25, -0.2) is 14.4 Å². The lowest BCUT2D eigenvalue weighted by molar-refractivity contribution is -0.123. The molecule has 2 amide bonds. The van der Waals surface area contributed by atoms with Crippen LogP contribution >= 0.6 is 0 Å². The monoisotopic (exact) mass is 503 g/mol. The van der Waals surface area contributed by atoms with Gasteiger partial charge in [-0.1, -0.05) is 0 Å². The largest absolute Gasteiger partial charge is 0.489 e. The second-order valence-corrected chi connectivity index (χ2v) is 9.74. The number of primary amides is 1. The van der Waals surface area contributed by atoms with Crippen LogP contribution in [0.3, 0.4) is 0 Å². The molecule has 5 N–H and O–H groups in total. The summed E-state index contributed by atoms with van der Waals surface area (Å²) in [6.07, 6.45) is 0. The van der Waals surface area contributed by atoms with Gasteiger partial charge in [0, 0.05) is 16.7 Å². The molecule has 2 aromatic carbocycles. The molecule has 1 aliphatic rings. The number of halogens is 1. The van der Waals surface area contributed by atoms with Gasteiger partial charge in [0.15, 0.2) is 0 Å². The van der Waals surface area contributed by atoms with Crippen molar-refractivity contribution in [2.24, 2.45) is 5.73 Å². The van der Waals surface area contributed by atoms with E-state index in [1.807, 2.05) is 6.92 Å². The second kappa shape index (κ2) is 8.67. The first-order valence-corrected chi connectivity index (χ1v) is 11.7. The van der Waals surface area contributed by atoms with Crippen molar-refractivity contribution in [2.45, 2.75) is 31.8 Å². The van der Waals surface area contributed by atoms with Gasteiger partial charge in [-0.15, -0.1) is 0 Å². The zero-order valence-electron chi connectivity index (χ0n) is 20.6. The highest BCUT2D eigenvalue weighted by atomic mass is 19.1. The second-order valence-electron chi connectivity index (χ2n) is 9.74. The SMILES string of the molecule is Cc1nc2ccc(C(=O)NC[C@](C)(O)c3cc4c(c(-c5ccc(F)cc5)n3)OC[C@]4(C)C(N)=O)cc2[nH]1. The molecule has 0 bridgehead atoms. The molecule has 0 radical (unpaired) electrons. The number of amides is 2. The number of nitrogens with zero attached hydrogens (tertiary/aromatic N) is 2. The maximum Gasteiger partial charge on any atom is 0.251 e. The zero-order valence-corrected chi connectivity index (χ0v) is 20.6. The summed E-state index contributed by atoms with van der Waals surface area (Å²) < 4.78 is 19.4. The molecule has 37 heavy (non-hydrogen) atoms. The van der Waals surface area contributed by atoms with Gasteiger partial charge in [-0.2, -0.15) is 0 Å². The lowest BCUT2D eigenvalue weighted by Crippen LogP contribution is -2.41. The van der Waals surface area contributed by atoms with Crippen LogP contribution < -0.4 is 15.8 Å². The number of hydrogen-bond acceptors (Lipinski definition) is 6. The van der Waals surface area contributed by atoms with Crippen molar-refractivity contribution >= 4 is 22.8 Å². The Morgan fingerprint density at radius 2 is 1.95 bits per heavy atom. The van der Waals surface area contributed by atoms with E-state index in [1.165, 1.54) is 31.2 Å². The van der Waals surface area contributed by atoms with Crippen LogP contribution in [0.2, 0.25) is 0 Å². The number of carbonyl (C=O) groups is 2. The summed E-state index contributed by atoms with van der Waals surface area (Å²) in [4.78, 5) is 37.3. The molecule has 2 atom stereocenters. The van der Waals surface area contributed by atoms with Gasteiger partial charge in [0.1, 0.15) is 40.7 Å². The number of H-pyrrole nitrogens is 1. The topological polar surface area (TPSA) is 143 Å². The Morgan fingerprint density at radius 3 is 2.65 bits per heavy atom. The van der Waals surface area contributed by atoms with Crippen LogP contribution in [0.1, 0.15) is 41.3 Å². The van der Waals surface area contributed by atoms with Gasteiger partial charge < -0.3 is 25.9 Å². The van der Waals surface area contributed by atoms with E-state index in [-0.39, 0.29) is 24.8 Å². The highest BCUT2D eigenvalue weighted by molar-refractivity contribution is 5.97. The molecular formula is C27H26FN5O4. The molecule has 0 spiro atoms. The maximum atomic E-state index is 13.6. The summed E-state index contributed by atoms with van der Waals surface area (Å²) in [5.74, 6) is -0.315. The number of aromatic amines is 1. The van der Waals surface area contributed by atoms with Gasteiger partial charge >= 0.3 is 0 Å². The van der Waals surface area contributed by atoms with Crippen molar-refractivity contribution in [3.63, 3.8) is 0 Å². The summed E-state index contributed by atoms with van der Waals surface area (Å²) in [7, 11) is 0. The lowest BCUT2D eigenvalue weighted by atomic mass is 9.82. The Labute approximate surface area is 211 Å². The molecule has 4 aromatic rings. The Kier molecular flexibility index (Phi) is 5.71. The Morgan fingerprint density at radius 1 is 1.22 bits per heavy atom. The van der Waals surface area contributed by atoms with Crippen LogP contribution in [0.25, 0.3) is 22.3 Å². The van der Waals surface area contributed by atoms with Gasteiger partial charge in [-0.05, 0) is 69.3 Å². The minimum Gasteiger partial charge on any atom is -0.489 e. The van der Waals surface area contributed by atoms with E-state index in [4.69, 9.17) is 10.5 Å². The number of nitrogens with two attached hydrogens (primary N) is 1. The van der Waals surface area contributed by atoms with Crippen LogP contribution in [-0.2, 0) is 15.8 Å². The molecule has 9 nitrogen and oxygen atoms in total. The maximum absolute atomic E-state index is 13.6. The van der Waals surface area contributed by atoms with Gasteiger partial charge in [0.2, 0.25) is 5.91 Å². The predicted molar refractivity (Wildman–Crippen MR) is 134 cm³/mol. The number of ether oxygens (including phenoxy) is 1. The van der Waals surface area contributed by atoms with Crippen molar-refractivity contribution in [1.82, 2.24) is 20.3 Å². The Balaban J connectivity index is 1.49. The molecular weight excluding hydrogens is 477 g/mol. The molecule has 0 fully saturated rings. The van der Waals surface area contributed by atoms with Crippen molar-refractivity contribution in [1.29, 1.82) is 0 Å². The van der Waals surface area contributed by atoms with E-state index in [0.29, 0.717) is 28.1 Å². The molecule has 1 aliphatic heterocycles. The molecule has 0 saturated heterocycles. The molecule has 190 valence electrons. The molecule has 0 saturated carbocycles. The fraction of sp³-hybridized carbons (Fsp3) is 0.259. The average Bonchev–Trinajstić information content (AvgIpc) is 3.41. The predicted octanol–water partition coefficient (Wildman–Crippen LogP) is 2.85. The molecule has 5 rings (SSSR count). The number of benzene rings is 2. The number of aryl methyl sites for hydroxylation is 1. The van der Waals surface area contributed by atoms with E-state index in [1.54, 1.807) is 31.2 Å². The highest BCUT2D eigenvalue weighted by Gasteiger charge is 2.45. The van der Waals surface area contributed by atoms with Gasteiger partial charge in [0.05, 0.1) is 23.3 Å². The van der Waals surface area contributed by atoms with E-state index < -0.39 is 22.7 Å². The Hall–Kier alpha value is -4.31. The average molecular weight is 504 g/mol. The van der Waals surface area contributed by atoms with Crippen LogP contribution in [-0.4, -0.2) is 45.0 Å². The lowest BCUT2D eigenvalue weighted by Gasteiger charge is -2.26. The van der Waals surface area contributed by atoms with E-state index in [2.05, 4.69) is 20.3 Å². The van der Waals surface area contributed by atoms with Crippen LogP contribution in [0.4, 0.5) is 4.39 Å². The summed E-state index contributed by atoms with van der Waals surface area (Å²) in [6, 6.07) is 12.3. The van der Waals surface area contributed by atoms with Gasteiger partial charge in [0.25, 0.3) is 5.91 Å². The van der Waals surface area contributed by atoms with Crippen LogP contribution in [0.15, 0.2) is 48.5 Å². The summed E-state index contributed by atoms with van der Waals surface area (Å²) in [6.45, 7) is 4.83. The van der Waals surface area contributed by atoms with Crippen molar-refractivity contribution < 1.29 is 23.8 Å². The standard InChI is InChI=1S/C27H26FN5O4/c1-14-31-19-9-6-16(10-20(19)32-14)24(34)30-12-27(3,36)21-11-18-23(37-13-26(18,2)25(29)35)22(33-21)15-4-7-17(28)8-5-15/h4-11,36H,12-13H2,1-3H3,(H2,29,35)(H,30,34)(H,31,32)/t26-,27-/m0/s1. The molecule has 3 heterocycles. The first-order valence-electron chi connectivity index (χ1n) is 11.7. The third-order valence-electron chi connectivity index (χ3n) is 6.74. The molecule has 0 aliphatic carbocycles. The number of aliphatic hydroxyl groups is 1. The highest BCUT2D eigenvalue weighted by Crippen LogP contribution is 2.45. The van der Waals surface area contributed by atoms with Crippen molar-refractivity contribution in [3.05, 3.63) is 77.0 Å². The van der Waals surface area contributed by atoms with Crippen LogP contribution in [0, 0.1) is 12.7 Å². The van der Waals surface area contributed by atoms with E-state index >= 15 is 0 Å². The van der Waals surface area contributed by atoms with E-state index in [0.717, 1.165) is 16.9 Å². The molecule has 10 heteroatoms. The van der Waals surface area contributed by atoms with Crippen LogP contribution in [0.5, 0.6) is 5.75 Å². The summed E-state index contributed by atoms with van der Waals surface area (Å²) >= 11 is 0. The number of rotatable bonds is 6. The summed E-state index contributed by atoms with van der Waals surface area (Å²) in [5, 5.41) is 14.2. The van der Waals surface area contributed by atoms with E-state index in [9.17, 15) is 19.1 Å².